The second kappa shape index (κ2) is 6.53. The second-order valence-corrected chi connectivity index (χ2v) is 4.89. The quantitative estimate of drug-likeness (QED) is 0.868. The molecule has 0 radical (unpaired) electrons. The van der Waals surface area contributed by atoms with Crippen molar-refractivity contribution in [2.75, 3.05) is 43.1 Å². The number of aromatic amines is 1. The third-order valence-electron chi connectivity index (χ3n) is 3.29. The fourth-order valence-electron chi connectivity index (χ4n) is 2.18. The van der Waals surface area contributed by atoms with Gasteiger partial charge in [-0.15, -0.1) is 0 Å². The van der Waals surface area contributed by atoms with Crippen molar-refractivity contribution >= 4 is 11.9 Å². The van der Waals surface area contributed by atoms with Crippen LogP contribution >= 0.6 is 0 Å². The maximum atomic E-state index is 5.38. The van der Waals surface area contributed by atoms with Crippen LogP contribution in [0.2, 0.25) is 0 Å². The van der Waals surface area contributed by atoms with Crippen molar-refractivity contribution in [3.63, 3.8) is 0 Å². The standard InChI is InChI=1S/C14H20N6O/c1-2-5-16-13-17-12(11-4-3-6-15-11)18-14(19-13)20-7-9-21-10-8-20/h3-4,6,15H,2,5,7-10H2,1H3,(H,16,17,18,19). The molecule has 0 amide bonds. The van der Waals surface area contributed by atoms with Crippen LogP contribution in [0.25, 0.3) is 11.5 Å². The van der Waals surface area contributed by atoms with Crippen LogP contribution in [0.5, 0.6) is 0 Å². The average Bonchev–Trinajstić information content (AvgIpc) is 3.08. The lowest BCUT2D eigenvalue weighted by atomic mass is 10.4. The van der Waals surface area contributed by atoms with E-state index in [-0.39, 0.29) is 0 Å². The van der Waals surface area contributed by atoms with Crippen LogP contribution in [0.4, 0.5) is 11.9 Å². The van der Waals surface area contributed by atoms with Gasteiger partial charge in [0.25, 0.3) is 0 Å². The zero-order valence-electron chi connectivity index (χ0n) is 12.2. The molecule has 0 bridgehead atoms. The first-order chi connectivity index (χ1) is 10.4. The van der Waals surface area contributed by atoms with E-state index in [0.717, 1.165) is 31.7 Å². The lowest BCUT2D eigenvalue weighted by molar-refractivity contribution is 0.122. The molecule has 1 fully saturated rings. The van der Waals surface area contributed by atoms with Crippen LogP contribution in [-0.4, -0.2) is 52.8 Å². The summed E-state index contributed by atoms with van der Waals surface area (Å²) in [5.74, 6) is 1.99. The maximum absolute atomic E-state index is 5.38. The SMILES string of the molecule is CCCNc1nc(-c2ccc[nH]2)nc(N2CCOCC2)n1. The van der Waals surface area contributed by atoms with E-state index in [1.165, 1.54) is 0 Å². The van der Waals surface area contributed by atoms with Crippen molar-refractivity contribution in [1.82, 2.24) is 19.9 Å². The van der Waals surface area contributed by atoms with Gasteiger partial charge in [-0.25, -0.2) is 0 Å². The predicted molar refractivity (Wildman–Crippen MR) is 81.4 cm³/mol. The average molecular weight is 288 g/mol. The van der Waals surface area contributed by atoms with Crippen LogP contribution < -0.4 is 10.2 Å². The Bertz CT molecular complexity index is 565. The predicted octanol–water partition coefficient (Wildman–Crippen LogP) is 1.53. The molecule has 7 nitrogen and oxygen atoms in total. The smallest absolute Gasteiger partial charge is 0.230 e. The Morgan fingerprint density at radius 1 is 1.29 bits per heavy atom. The van der Waals surface area contributed by atoms with Gasteiger partial charge in [0, 0.05) is 25.8 Å². The molecule has 0 aromatic carbocycles. The molecule has 1 aliphatic rings. The van der Waals surface area contributed by atoms with E-state index in [2.05, 4.69) is 37.1 Å². The highest BCUT2D eigenvalue weighted by molar-refractivity contribution is 5.54. The van der Waals surface area contributed by atoms with Gasteiger partial charge in [-0.3, -0.25) is 0 Å². The minimum atomic E-state index is 0.623. The molecule has 21 heavy (non-hydrogen) atoms. The first-order valence-electron chi connectivity index (χ1n) is 7.33. The fraction of sp³-hybridized carbons (Fsp3) is 0.500. The lowest BCUT2D eigenvalue weighted by Gasteiger charge is -2.27. The Hall–Kier alpha value is -2.15. The number of morpholine rings is 1. The summed E-state index contributed by atoms with van der Waals surface area (Å²) in [4.78, 5) is 18.9. The fourth-order valence-corrected chi connectivity index (χ4v) is 2.18. The Balaban J connectivity index is 1.92. The third-order valence-corrected chi connectivity index (χ3v) is 3.29. The Morgan fingerprint density at radius 2 is 2.14 bits per heavy atom. The summed E-state index contributed by atoms with van der Waals surface area (Å²) >= 11 is 0. The van der Waals surface area contributed by atoms with E-state index >= 15 is 0 Å². The summed E-state index contributed by atoms with van der Waals surface area (Å²) < 4.78 is 5.38. The molecule has 2 N–H and O–H groups in total. The van der Waals surface area contributed by atoms with Gasteiger partial charge >= 0.3 is 0 Å². The van der Waals surface area contributed by atoms with E-state index in [9.17, 15) is 0 Å². The van der Waals surface area contributed by atoms with Crippen molar-refractivity contribution < 1.29 is 4.74 Å². The summed E-state index contributed by atoms with van der Waals surface area (Å²) in [5.41, 5.74) is 0.895. The van der Waals surface area contributed by atoms with E-state index < -0.39 is 0 Å². The monoisotopic (exact) mass is 288 g/mol. The number of anilines is 2. The number of nitrogens with zero attached hydrogens (tertiary/aromatic N) is 4. The lowest BCUT2D eigenvalue weighted by Crippen LogP contribution is -2.37. The van der Waals surface area contributed by atoms with Gasteiger partial charge < -0.3 is 19.9 Å². The summed E-state index contributed by atoms with van der Waals surface area (Å²) in [6.07, 6.45) is 2.89. The molecule has 7 heteroatoms. The topological polar surface area (TPSA) is 79.0 Å². The number of nitrogens with one attached hydrogen (secondary N) is 2. The Kier molecular flexibility index (Phi) is 4.30. The highest BCUT2D eigenvalue weighted by atomic mass is 16.5. The number of rotatable bonds is 5. The zero-order chi connectivity index (χ0) is 14.5. The van der Waals surface area contributed by atoms with Crippen LogP contribution in [0.15, 0.2) is 18.3 Å². The minimum Gasteiger partial charge on any atom is -0.378 e. The number of ether oxygens (including phenoxy) is 1. The molecule has 112 valence electrons. The van der Waals surface area contributed by atoms with Crippen molar-refractivity contribution in [2.45, 2.75) is 13.3 Å². The number of aromatic nitrogens is 4. The number of hydrogen-bond donors (Lipinski definition) is 2. The first kappa shape index (κ1) is 13.8. The molecule has 0 atom stereocenters. The van der Waals surface area contributed by atoms with Crippen molar-refractivity contribution in [2.24, 2.45) is 0 Å². The van der Waals surface area contributed by atoms with Crippen LogP contribution in [0.3, 0.4) is 0 Å². The van der Waals surface area contributed by atoms with E-state index in [1.807, 2.05) is 18.3 Å². The van der Waals surface area contributed by atoms with Gasteiger partial charge in [-0.2, -0.15) is 15.0 Å². The molecule has 0 spiro atoms. The van der Waals surface area contributed by atoms with E-state index in [4.69, 9.17) is 4.74 Å². The highest BCUT2D eigenvalue weighted by Gasteiger charge is 2.17. The van der Waals surface area contributed by atoms with Crippen molar-refractivity contribution in [1.29, 1.82) is 0 Å². The van der Waals surface area contributed by atoms with Gasteiger partial charge in [0.05, 0.1) is 18.9 Å². The summed E-state index contributed by atoms with van der Waals surface area (Å²) in [5, 5.41) is 3.24. The summed E-state index contributed by atoms with van der Waals surface area (Å²) in [7, 11) is 0. The Labute approximate surface area is 123 Å². The molecule has 3 rings (SSSR count). The number of H-pyrrole nitrogens is 1. The molecular weight excluding hydrogens is 268 g/mol. The molecule has 0 saturated carbocycles. The Morgan fingerprint density at radius 3 is 2.86 bits per heavy atom. The van der Waals surface area contributed by atoms with Gasteiger partial charge in [0.2, 0.25) is 11.9 Å². The van der Waals surface area contributed by atoms with E-state index in [0.29, 0.717) is 30.9 Å². The van der Waals surface area contributed by atoms with Crippen LogP contribution in [-0.2, 0) is 4.74 Å². The molecule has 1 saturated heterocycles. The largest absolute Gasteiger partial charge is 0.378 e. The minimum absolute atomic E-state index is 0.623. The van der Waals surface area contributed by atoms with Crippen LogP contribution in [0.1, 0.15) is 13.3 Å². The van der Waals surface area contributed by atoms with Crippen molar-refractivity contribution in [3.05, 3.63) is 18.3 Å². The molecular formula is C14H20N6O. The summed E-state index contributed by atoms with van der Waals surface area (Å²) in [6.45, 7) is 5.99. The van der Waals surface area contributed by atoms with Gasteiger partial charge in [0.15, 0.2) is 5.82 Å². The first-order valence-corrected chi connectivity index (χ1v) is 7.33. The maximum Gasteiger partial charge on any atom is 0.230 e. The van der Waals surface area contributed by atoms with Gasteiger partial charge in [-0.1, -0.05) is 6.92 Å². The zero-order valence-corrected chi connectivity index (χ0v) is 12.2. The second-order valence-electron chi connectivity index (χ2n) is 4.89. The molecule has 3 heterocycles. The molecule has 2 aromatic heterocycles. The third kappa shape index (κ3) is 3.30. The highest BCUT2D eigenvalue weighted by Crippen LogP contribution is 2.18. The summed E-state index contributed by atoms with van der Waals surface area (Å²) in [6, 6.07) is 3.90. The normalized spacial score (nSPS) is 15.2. The van der Waals surface area contributed by atoms with E-state index in [1.54, 1.807) is 0 Å². The molecule has 1 aliphatic heterocycles. The van der Waals surface area contributed by atoms with Gasteiger partial charge in [0.1, 0.15) is 0 Å². The molecule has 0 aliphatic carbocycles. The van der Waals surface area contributed by atoms with Crippen LogP contribution in [0, 0.1) is 0 Å². The van der Waals surface area contributed by atoms with Crippen molar-refractivity contribution in [3.8, 4) is 11.5 Å². The van der Waals surface area contributed by atoms with Gasteiger partial charge in [-0.05, 0) is 18.6 Å². The molecule has 2 aromatic rings. The molecule has 0 unspecified atom stereocenters. The number of hydrogen-bond acceptors (Lipinski definition) is 6.